The zero-order chi connectivity index (χ0) is 12.4. The number of aromatic carboxylic acids is 1. The number of benzene rings is 1. The van der Waals surface area contributed by atoms with Gasteiger partial charge in [-0.3, -0.25) is 0 Å². The molecule has 0 aliphatic carbocycles. The Morgan fingerprint density at radius 3 is 2.88 bits per heavy atom. The molecule has 2 aromatic rings. The summed E-state index contributed by atoms with van der Waals surface area (Å²) < 4.78 is 1.57. The molecule has 0 atom stereocenters. The zero-order valence-corrected chi connectivity index (χ0v) is 9.81. The highest BCUT2D eigenvalue weighted by Gasteiger charge is 2.13. The van der Waals surface area contributed by atoms with Gasteiger partial charge in [-0.05, 0) is 30.0 Å². The molecule has 0 saturated heterocycles. The highest BCUT2D eigenvalue weighted by Crippen LogP contribution is 2.30. The highest BCUT2D eigenvalue weighted by atomic mass is 32.2. The van der Waals surface area contributed by atoms with Crippen LogP contribution in [-0.2, 0) is 7.05 Å². The highest BCUT2D eigenvalue weighted by molar-refractivity contribution is 7.99. The van der Waals surface area contributed by atoms with E-state index in [1.165, 1.54) is 24.2 Å². The molecule has 1 heterocycles. The summed E-state index contributed by atoms with van der Waals surface area (Å²) in [6.45, 7) is 0. The zero-order valence-electron chi connectivity index (χ0n) is 8.99. The first-order valence-electron chi connectivity index (χ1n) is 4.72. The van der Waals surface area contributed by atoms with Gasteiger partial charge in [0.25, 0.3) is 0 Å². The largest absolute Gasteiger partial charge is 0.478 e. The number of nitrogens with zero attached hydrogens (tertiary/aromatic N) is 3. The second-order valence-electron chi connectivity index (χ2n) is 3.33. The topological polar surface area (TPSA) is 94.0 Å². The summed E-state index contributed by atoms with van der Waals surface area (Å²) >= 11 is 1.22. The number of aromatic nitrogens is 3. The Labute approximate surface area is 101 Å². The molecule has 0 bridgehead atoms. The van der Waals surface area contributed by atoms with Crippen LogP contribution in [0.15, 0.2) is 34.6 Å². The second kappa shape index (κ2) is 4.46. The Morgan fingerprint density at radius 1 is 1.53 bits per heavy atom. The van der Waals surface area contributed by atoms with Gasteiger partial charge in [0, 0.05) is 17.6 Å². The smallest absolute Gasteiger partial charge is 0.336 e. The number of anilines is 1. The second-order valence-corrected chi connectivity index (χ2v) is 4.34. The van der Waals surface area contributed by atoms with E-state index < -0.39 is 5.97 Å². The minimum Gasteiger partial charge on any atom is -0.478 e. The van der Waals surface area contributed by atoms with E-state index in [9.17, 15) is 4.79 Å². The average Bonchev–Trinajstić information content (AvgIpc) is 2.64. The molecule has 0 radical (unpaired) electrons. The van der Waals surface area contributed by atoms with Crippen molar-refractivity contribution in [3.63, 3.8) is 0 Å². The maximum absolute atomic E-state index is 11.0. The van der Waals surface area contributed by atoms with E-state index in [1.807, 2.05) is 0 Å². The van der Waals surface area contributed by atoms with Gasteiger partial charge in [-0.2, -0.15) is 5.10 Å². The maximum atomic E-state index is 11.0. The molecular weight excluding hydrogens is 240 g/mol. The van der Waals surface area contributed by atoms with Gasteiger partial charge in [-0.25, -0.2) is 14.5 Å². The quantitative estimate of drug-likeness (QED) is 0.796. The molecule has 0 spiro atoms. The van der Waals surface area contributed by atoms with Crippen LogP contribution < -0.4 is 5.73 Å². The van der Waals surface area contributed by atoms with E-state index in [2.05, 4.69) is 10.1 Å². The monoisotopic (exact) mass is 250 g/mol. The van der Waals surface area contributed by atoms with Crippen LogP contribution in [0.1, 0.15) is 10.4 Å². The van der Waals surface area contributed by atoms with E-state index in [0.29, 0.717) is 15.7 Å². The van der Waals surface area contributed by atoms with Gasteiger partial charge in [0.15, 0.2) is 5.16 Å². The van der Waals surface area contributed by atoms with Crippen LogP contribution in [0.4, 0.5) is 5.69 Å². The van der Waals surface area contributed by atoms with Crippen LogP contribution in [0.3, 0.4) is 0 Å². The SMILES string of the molecule is Cn1ncnc1Sc1cc(N)ccc1C(=O)O. The lowest BCUT2D eigenvalue weighted by atomic mass is 10.2. The molecule has 88 valence electrons. The summed E-state index contributed by atoms with van der Waals surface area (Å²) in [7, 11) is 1.74. The van der Waals surface area contributed by atoms with Gasteiger partial charge in [-0.1, -0.05) is 0 Å². The van der Waals surface area contributed by atoms with Crippen molar-refractivity contribution in [2.45, 2.75) is 10.1 Å². The summed E-state index contributed by atoms with van der Waals surface area (Å²) in [5, 5.41) is 13.6. The van der Waals surface area contributed by atoms with E-state index >= 15 is 0 Å². The van der Waals surface area contributed by atoms with Gasteiger partial charge >= 0.3 is 5.97 Å². The number of rotatable bonds is 3. The molecule has 0 aliphatic rings. The van der Waals surface area contributed by atoms with Crippen molar-refractivity contribution in [3.05, 3.63) is 30.1 Å². The molecule has 17 heavy (non-hydrogen) atoms. The van der Waals surface area contributed by atoms with Crippen LogP contribution in [0.2, 0.25) is 0 Å². The van der Waals surface area contributed by atoms with Crippen molar-refractivity contribution in [1.82, 2.24) is 14.8 Å². The van der Waals surface area contributed by atoms with Crippen LogP contribution in [0.5, 0.6) is 0 Å². The minimum atomic E-state index is -0.991. The van der Waals surface area contributed by atoms with Crippen molar-refractivity contribution in [2.24, 2.45) is 7.05 Å². The first-order valence-corrected chi connectivity index (χ1v) is 5.54. The lowest BCUT2D eigenvalue weighted by Gasteiger charge is -2.05. The van der Waals surface area contributed by atoms with Gasteiger partial charge in [0.05, 0.1) is 5.56 Å². The summed E-state index contributed by atoms with van der Waals surface area (Å²) in [6, 6.07) is 4.66. The maximum Gasteiger partial charge on any atom is 0.336 e. The number of hydrogen-bond acceptors (Lipinski definition) is 5. The third kappa shape index (κ3) is 2.39. The van der Waals surface area contributed by atoms with E-state index in [-0.39, 0.29) is 5.56 Å². The standard InChI is InChI=1S/C10H10N4O2S/c1-14-10(12-5-13-14)17-8-4-6(11)2-3-7(8)9(15)16/h2-5H,11H2,1H3,(H,15,16). The van der Waals surface area contributed by atoms with Gasteiger partial charge in [0.1, 0.15) is 6.33 Å². The molecule has 1 aromatic carbocycles. The number of hydrogen-bond donors (Lipinski definition) is 2. The Bertz CT molecular complexity index is 567. The number of carboxylic acid groups (broad SMARTS) is 1. The van der Waals surface area contributed by atoms with Crippen molar-refractivity contribution in [1.29, 1.82) is 0 Å². The predicted octanol–water partition coefficient (Wildman–Crippen LogP) is 1.25. The Morgan fingerprint density at radius 2 is 2.29 bits per heavy atom. The Hall–Kier alpha value is -2.02. The van der Waals surface area contributed by atoms with Crippen molar-refractivity contribution in [3.8, 4) is 0 Å². The molecule has 0 amide bonds. The van der Waals surface area contributed by atoms with E-state index in [4.69, 9.17) is 10.8 Å². The molecule has 1 aromatic heterocycles. The fraction of sp³-hybridized carbons (Fsp3) is 0.100. The lowest BCUT2D eigenvalue weighted by Crippen LogP contribution is -2.01. The van der Waals surface area contributed by atoms with Crippen molar-refractivity contribution >= 4 is 23.4 Å². The molecule has 6 nitrogen and oxygen atoms in total. The Kier molecular flexibility index (Phi) is 3.01. The third-order valence-corrected chi connectivity index (χ3v) is 3.22. The fourth-order valence-electron chi connectivity index (χ4n) is 1.28. The normalized spacial score (nSPS) is 10.4. The van der Waals surface area contributed by atoms with Crippen LogP contribution >= 0.6 is 11.8 Å². The third-order valence-electron chi connectivity index (χ3n) is 2.11. The molecule has 0 unspecified atom stereocenters. The molecule has 0 fully saturated rings. The average molecular weight is 250 g/mol. The first-order chi connectivity index (χ1) is 8.08. The van der Waals surface area contributed by atoms with Gasteiger partial charge in [0.2, 0.25) is 0 Å². The van der Waals surface area contributed by atoms with E-state index in [0.717, 1.165) is 0 Å². The lowest BCUT2D eigenvalue weighted by molar-refractivity contribution is 0.0693. The summed E-state index contributed by atoms with van der Waals surface area (Å²) in [5.74, 6) is -0.991. The number of nitrogen functional groups attached to an aromatic ring is 1. The molecule has 0 aliphatic heterocycles. The molecule has 0 saturated carbocycles. The van der Waals surface area contributed by atoms with Crippen LogP contribution in [0.25, 0.3) is 0 Å². The van der Waals surface area contributed by atoms with Crippen LogP contribution in [0, 0.1) is 0 Å². The number of carboxylic acids is 1. The summed E-state index contributed by atoms with van der Waals surface area (Å²) in [6.07, 6.45) is 1.41. The van der Waals surface area contributed by atoms with E-state index in [1.54, 1.807) is 23.9 Å². The summed E-state index contributed by atoms with van der Waals surface area (Å²) in [4.78, 5) is 15.6. The fourth-order valence-corrected chi connectivity index (χ4v) is 2.21. The van der Waals surface area contributed by atoms with Crippen LogP contribution in [-0.4, -0.2) is 25.8 Å². The summed E-state index contributed by atoms with van der Waals surface area (Å²) in [5.41, 5.74) is 6.36. The van der Waals surface area contributed by atoms with Crippen molar-refractivity contribution < 1.29 is 9.90 Å². The number of carbonyl (C=O) groups is 1. The first kappa shape index (κ1) is 11.5. The molecule has 3 N–H and O–H groups in total. The minimum absolute atomic E-state index is 0.201. The van der Waals surface area contributed by atoms with Crippen molar-refractivity contribution in [2.75, 3.05) is 5.73 Å². The molecule has 7 heteroatoms. The number of nitrogens with two attached hydrogens (primary N) is 1. The van der Waals surface area contributed by atoms with Gasteiger partial charge < -0.3 is 10.8 Å². The molecular formula is C10H10N4O2S. The Balaban J connectivity index is 2.41. The predicted molar refractivity (Wildman–Crippen MR) is 62.9 cm³/mol. The van der Waals surface area contributed by atoms with Gasteiger partial charge in [-0.15, -0.1) is 0 Å². The molecule has 2 rings (SSSR count). The number of aryl methyl sites for hydroxylation is 1.